The van der Waals surface area contributed by atoms with Gasteiger partial charge in [-0.15, -0.1) is 11.3 Å². The van der Waals surface area contributed by atoms with Gasteiger partial charge in [0.25, 0.3) is 0 Å². The molecule has 0 radical (unpaired) electrons. The Morgan fingerprint density at radius 3 is 2.53 bits per heavy atom. The van der Waals surface area contributed by atoms with Crippen LogP contribution < -0.4 is 5.32 Å². The van der Waals surface area contributed by atoms with Gasteiger partial charge in [-0.25, -0.2) is 0 Å². The Morgan fingerprint density at radius 1 is 1.16 bits per heavy atom. The molecule has 0 bridgehead atoms. The molecule has 1 heterocycles. The quantitative estimate of drug-likeness (QED) is 0.776. The molecule has 1 fully saturated rings. The summed E-state index contributed by atoms with van der Waals surface area (Å²) < 4.78 is 6.08. The highest BCUT2D eigenvalue weighted by Gasteiger charge is 2.13. The van der Waals surface area contributed by atoms with Gasteiger partial charge in [-0.3, -0.25) is 0 Å². The maximum Gasteiger partial charge on any atom is 0.0813 e. The van der Waals surface area contributed by atoms with Gasteiger partial charge in [-0.1, -0.05) is 39.5 Å². The number of nitrogens with one attached hydrogen (secondary N) is 1. The van der Waals surface area contributed by atoms with Crippen molar-refractivity contribution in [3.63, 3.8) is 0 Å². The Bertz CT molecular complexity index is 353. The molecular formula is C16H27NOS. The second kappa shape index (κ2) is 8.03. The van der Waals surface area contributed by atoms with E-state index in [0.717, 1.165) is 13.2 Å². The third kappa shape index (κ3) is 5.64. The molecule has 0 spiro atoms. The zero-order chi connectivity index (χ0) is 13.5. The molecule has 2 nitrogen and oxygen atoms in total. The molecule has 1 saturated carbocycles. The molecule has 1 aromatic heterocycles. The van der Waals surface area contributed by atoms with E-state index in [1.54, 1.807) is 0 Å². The van der Waals surface area contributed by atoms with Gasteiger partial charge in [0.2, 0.25) is 0 Å². The first-order chi connectivity index (χ1) is 9.24. The van der Waals surface area contributed by atoms with Gasteiger partial charge >= 0.3 is 0 Å². The third-order valence-corrected chi connectivity index (χ3v) is 4.72. The summed E-state index contributed by atoms with van der Waals surface area (Å²) in [6.45, 7) is 6.15. The molecule has 0 aromatic carbocycles. The van der Waals surface area contributed by atoms with Crippen LogP contribution in [-0.4, -0.2) is 12.1 Å². The molecule has 0 amide bonds. The van der Waals surface area contributed by atoms with E-state index in [2.05, 4.69) is 31.3 Å². The topological polar surface area (TPSA) is 21.3 Å². The first-order valence-electron chi connectivity index (χ1n) is 7.66. The van der Waals surface area contributed by atoms with Crippen LogP contribution in [0, 0.1) is 0 Å². The van der Waals surface area contributed by atoms with Crippen LogP contribution in [0.2, 0.25) is 0 Å². The average Bonchev–Trinajstić information content (AvgIpc) is 2.68. The molecule has 1 N–H and O–H groups in total. The monoisotopic (exact) mass is 281 g/mol. The summed E-state index contributed by atoms with van der Waals surface area (Å²) >= 11 is 1.88. The van der Waals surface area contributed by atoms with E-state index in [-0.39, 0.29) is 0 Å². The number of hydrogen-bond donors (Lipinski definition) is 1. The lowest BCUT2D eigenvalue weighted by Gasteiger charge is -2.14. The van der Waals surface area contributed by atoms with Crippen LogP contribution in [0.5, 0.6) is 0 Å². The molecule has 0 aliphatic heterocycles. The second-order valence-corrected chi connectivity index (χ2v) is 7.08. The van der Waals surface area contributed by atoms with E-state index >= 15 is 0 Å². The summed E-state index contributed by atoms with van der Waals surface area (Å²) in [7, 11) is 0. The van der Waals surface area contributed by atoms with Crippen LogP contribution in [0.1, 0.15) is 62.1 Å². The lowest BCUT2D eigenvalue weighted by Crippen LogP contribution is -2.21. The van der Waals surface area contributed by atoms with Gasteiger partial charge in [-0.2, -0.15) is 0 Å². The maximum absolute atomic E-state index is 6.08. The van der Waals surface area contributed by atoms with Crippen molar-refractivity contribution in [2.45, 2.75) is 77.7 Å². The summed E-state index contributed by atoms with van der Waals surface area (Å²) in [5.41, 5.74) is 0. The Morgan fingerprint density at radius 2 is 1.84 bits per heavy atom. The molecule has 1 aromatic rings. The first-order valence-corrected chi connectivity index (χ1v) is 8.48. The zero-order valence-corrected chi connectivity index (χ0v) is 13.1. The van der Waals surface area contributed by atoms with Crippen molar-refractivity contribution in [3.8, 4) is 0 Å². The summed E-state index contributed by atoms with van der Waals surface area (Å²) in [5.74, 6) is 0. The second-order valence-electron chi connectivity index (χ2n) is 5.83. The summed E-state index contributed by atoms with van der Waals surface area (Å²) in [4.78, 5) is 2.78. The Kier molecular flexibility index (Phi) is 6.35. The van der Waals surface area contributed by atoms with Gasteiger partial charge in [0.1, 0.15) is 0 Å². The van der Waals surface area contributed by atoms with Crippen LogP contribution in [0.25, 0.3) is 0 Å². The maximum atomic E-state index is 6.08. The molecule has 0 saturated heterocycles. The van der Waals surface area contributed by atoms with Gasteiger partial charge in [0, 0.05) is 22.3 Å². The lowest BCUT2D eigenvalue weighted by atomic mass is 10.1. The lowest BCUT2D eigenvalue weighted by molar-refractivity contribution is 0.0324. The van der Waals surface area contributed by atoms with Gasteiger partial charge < -0.3 is 10.1 Å². The van der Waals surface area contributed by atoms with Crippen molar-refractivity contribution in [1.82, 2.24) is 5.32 Å². The van der Waals surface area contributed by atoms with Crippen molar-refractivity contribution < 1.29 is 4.74 Å². The molecule has 0 atom stereocenters. The van der Waals surface area contributed by atoms with E-state index in [1.165, 1.54) is 48.3 Å². The van der Waals surface area contributed by atoms with Crippen molar-refractivity contribution >= 4 is 11.3 Å². The largest absolute Gasteiger partial charge is 0.373 e. The van der Waals surface area contributed by atoms with Crippen molar-refractivity contribution in [2.24, 2.45) is 0 Å². The van der Waals surface area contributed by atoms with Crippen LogP contribution in [0.3, 0.4) is 0 Å². The Labute approximate surface area is 121 Å². The Balaban J connectivity index is 1.73. The molecule has 3 heteroatoms. The van der Waals surface area contributed by atoms with E-state index in [4.69, 9.17) is 4.74 Å². The number of ether oxygens (including phenoxy) is 1. The normalized spacial score (nSPS) is 17.8. The molecule has 1 aliphatic rings. The number of rotatable bonds is 6. The highest BCUT2D eigenvalue weighted by molar-refractivity contribution is 7.11. The minimum absolute atomic E-state index is 0.502. The van der Waals surface area contributed by atoms with Crippen molar-refractivity contribution in [3.05, 3.63) is 21.9 Å². The minimum atomic E-state index is 0.502. The molecular weight excluding hydrogens is 254 g/mol. The fourth-order valence-corrected chi connectivity index (χ4v) is 3.40. The van der Waals surface area contributed by atoms with Gasteiger partial charge in [-0.05, 0) is 25.0 Å². The Hall–Kier alpha value is -0.380. The molecule has 108 valence electrons. The van der Waals surface area contributed by atoms with Crippen molar-refractivity contribution in [2.75, 3.05) is 0 Å². The zero-order valence-electron chi connectivity index (χ0n) is 12.3. The average molecular weight is 281 g/mol. The fraction of sp³-hybridized carbons (Fsp3) is 0.750. The van der Waals surface area contributed by atoms with Crippen LogP contribution in [0.4, 0.5) is 0 Å². The van der Waals surface area contributed by atoms with E-state index < -0.39 is 0 Å². The standard InChI is InChI=1S/C16H27NOS/c1-13(2)17-11-15-9-10-16(19-15)12-18-14-7-5-3-4-6-8-14/h9-10,13-14,17H,3-8,11-12H2,1-2H3. The summed E-state index contributed by atoms with van der Waals surface area (Å²) in [5, 5.41) is 3.46. The van der Waals surface area contributed by atoms with E-state index in [0.29, 0.717) is 12.1 Å². The van der Waals surface area contributed by atoms with Gasteiger partial charge in [0.15, 0.2) is 0 Å². The molecule has 0 unspecified atom stereocenters. The smallest absolute Gasteiger partial charge is 0.0813 e. The first kappa shape index (κ1) is 15.0. The molecule has 2 rings (SSSR count). The third-order valence-electron chi connectivity index (χ3n) is 3.67. The highest BCUT2D eigenvalue weighted by atomic mass is 32.1. The minimum Gasteiger partial charge on any atom is -0.373 e. The number of thiophene rings is 1. The fourth-order valence-electron chi connectivity index (χ4n) is 2.51. The van der Waals surface area contributed by atoms with Crippen LogP contribution in [-0.2, 0) is 17.9 Å². The SMILES string of the molecule is CC(C)NCc1ccc(COC2CCCCCC2)s1. The predicted octanol–water partition coefficient (Wildman–Crippen LogP) is 4.49. The summed E-state index contributed by atoms with van der Waals surface area (Å²) in [6, 6.07) is 5.00. The van der Waals surface area contributed by atoms with Crippen LogP contribution >= 0.6 is 11.3 Å². The molecule has 19 heavy (non-hydrogen) atoms. The predicted molar refractivity (Wildman–Crippen MR) is 82.6 cm³/mol. The van der Waals surface area contributed by atoms with Crippen molar-refractivity contribution in [1.29, 1.82) is 0 Å². The molecule has 1 aliphatic carbocycles. The van der Waals surface area contributed by atoms with Gasteiger partial charge in [0.05, 0.1) is 12.7 Å². The highest BCUT2D eigenvalue weighted by Crippen LogP contribution is 2.23. The van der Waals surface area contributed by atoms with E-state index in [1.807, 2.05) is 11.3 Å². The number of hydrogen-bond acceptors (Lipinski definition) is 3. The summed E-state index contributed by atoms with van der Waals surface area (Å²) in [6.07, 6.45) is 8.49. The van der Waals surface area contributed by atoms with Crippen LogP contribution in [0.15, 0.2) is 12.1 Å². The van der Waals surface area contributed by atoms with E-state index in [9.17, 15) is 0 Å².